The minimum Gasteiger partial charge on any atom is -0.481 e. The van der Waals surface area contributed by atoms with Crippen LogP contribution in [0.4, 0.5) is 10.5 Å². The number of anilines is 1. The summed E-state index contributed by atoms with van der Waals surface area (Å²) in [5, 5.41) is 13.0. The van der Waals surface area contributed by atoms with E-state index in [2.05, 4.69) is 5.32 Å². The average Bonchev–Trinajstić information content (AvgIpc) is 2.79. The maximum atomic E-state index is 12.4. The number of carbonyl (C=O) groups is 3. The van der Waals surface area contributed by atoms with Crippen molar-refractivity contribution >= 4 is 34.4 Å². The van der Waals surface area contributed by atoms with Crippen LogP contribution in [-0.4, -0.2) is 29.1 Å². The number of aliphatic carboxylic acids is 1. The Bertz CT molecular complexity index is 766. The molecule has 0 aliphatic carbocycles. The topological polar surface area (TPSA) is 86.7 Å². The smallest absolute Gasteiger partial charge is 0.329 e. The van der Waals surface area contributed by atoms with Crippen LogP contribution in [0.15, 0.2) is 42.5 Å². The van der Waals surface area contributed by atoms with Crippen LogP contribution in [0, 0.1) is 0 Å². The van der Waals surface area contributed by atoms with E-state index in [1.165, 1.54) is 0 Å². The Kier molecular flexibility index (Phi) is 3.50. The molecule has 112 valence electrons. The van der Waals surface area contributed by atoms with Gasteiger partial charge in [-0.05, 0) is 17.9 Å². The number of imide groups is 1. The van der Waals surface area contributed by atoms with E-state index in [4.69, 9.17) is 5.11 Å². The lowest BCUT2D eigenvalue weighted by atomic mass is 10.1. The Hall–Kier alpha value is -2.89. The lowest BCUT2D eigenvalue weighted by Gasteiger charge is -2.15. The van der Waals surface area contributed by atoms with Crippen molar-refractivity contribution < 1.29 is 19.5 Å². The fourth-order valence-electron chi connectivity index (χ4n) is 2.63. The molecule has 3 rings (SSSR count). The fourth-order valence-corrected chi connectivity index (χ4v) is 2.63. The first-order chi connectivity index (χ1) is 10.6. The Morgan fingerprint density at radius 1 is 1.14 bits per heavy atom. The van der Waals surface area contributed by atoms with E-state index in [1.54, 1.807) is 12.1 Å². The van der Waals surface area contributed by atoms with Crippen molar-refractivity contribution in [2.45, 2.75) is 18.9 Å². The summed E-state index contributed by atoms with van der Waals surface area (Å²) in [5.41, 5.74) is 0.512. The van der Waals surface area contributed by atoms with Crippen molar-refractivity contribution in [2.75, 3.05) is 4.90 Å². The molecule has 0 aromatic heterocycles. The number of urea groups is 1. The molecular formula is C16H14N2O4. The maximum Gasteiger partial charge on any atom is 0.329 e. The van der Waals surface area contributed by atoms with Crippen LogP contribution >= 0.6 is 0 Å². The summed E-state index contributed by atoms with van der Waals surface area (Å²) < 4.78 is 0. The largest absolute Gasteiger partial charge is 0.481 e. The highest BCUT2D eigenvalue weighted by atomic mass is 16.4. The van der Waals surface area contributed by atoms with Crippen molar-refractivity contribution in [3.8, 4) is 0 Å². The standard InChI is InChI=1S/C16H14N2O4/c19-14(20)9-8-12-15(21)18(16(22)17-12)13-7-3-5-10-4-1-2-6-11(10)13/h1-7,12H,8-9H2,(H,17,22)(H,19,20). The molecule has 1 unspecified atom stereocenters. The third-order valence-corrected chi connectivity index (χ3v) is 3.67. The molecule has 1 saturated heterocycles. The van der Waals surface area contributed by atoms with E-state index in [0.717, 1.165) is 15.7 Å². The SMILES string of the molecule is O=C(O)CCC1NC(=O)N(c2cccc3ccccc23)C1=O. The second-order valence-electron chi connectivity index (χ2n) is 5.11. The van der Waals surface area contributed by atoms with E-state index in [1.807, 2.05) is 30.3 Å². The van der Waals surface area contributed by atoms with Gasteiger partial charge >= 0.3 is 12.0 Å². The van der Waals surface area contributed by atoms with Crippen LogP contribution in [0.3, 0.4) is 0 Å². The first kappa shape index (κ1) is 14.1. The molecule has 1 aliphatic rings. The van der Waals surface area contributed by atoms with Gasteiger partial charge in [-0.1, -0.05) is 36.4 Å². The zero-order valence-corrected chi connectivity index (χ0v) is 11.7. The second-order valence-corrected chi connectivity index (χ2v) is 5.11. The van der Waals surface area contributed by atoms with E-state index in [-0.39, 0.29) is 12.8 Å². The molecule has 3 amide bonds. The van der Waals surface area contributed by atoms with Gasteiger partial charge in [0.05, 0.1) is 5.69 Å². The van der Waals surface area contributed by atoms with Gasteiger partial charge in [0, 0.05) is 11.8 Å². The van der Waals surface area contributed by atoms with Gasteiger partial charge in [-0.15, -0.1) is 0 Å². The van der Waals surface area contributed by atoms with E-state index in [0.29, 0.717) is 5.69 Å². The molecule has 1 atom stereocenters. The third-order valence-electron chi connectivity index (χ3n) is 3.67. The second kappa shape index (κ2) is 5.48. The number of rotatable bonds is 4. The third kappa shape index (κ3) is 2.39. The molecule has 6 nitrogen and oxygen atoms in total. The molecule has 1 heterocycles. The number of hydrogen-bond acceptors (Lipinski definition) is 3. The summed E-state index contributed by atoms with van der Waals surface area (Å²) in [4.78, 5) is 36.3. The van der Waals surface area contributed by atoms with Crippen LogP contribution in [0.25, 0.3) is 10.8 Å². The molecule has 2 N–H and O–H groups in total. The number of carbonyl (C=O) groups excluding carboxylic acids is 2. The Labute approximate surface area is 126 Å². The zero-order chi connectivity index (χ0) is 15.7. The first-order valence-corrected chi connectivity index (χ1v) is 6.92. The van der Waals surface area contributed by atoms with Crippen molar-refractivity contribution in [3.63, 3.8) is 0 Å². The number of fused-ring (bicyclic) bond motifs is 1. The van der Waals surface area contributed by atoms with E-state index < -0.39 is 23.9 Å². The Balaban J connectivity index is 1.95. The molecule has 0 bridgehead atoms. The van der Waals surface area contributed by atoms with Crippen LogP contribution < -0.4 is 10.2 Å². The number of carboxylic acid groups (broad SMARTS) is 1. The molecule has 2 aromatic carbocycles. The van der Waals surface area contributed by atoms with Crippen LogP contribution in [0.1, 0.15) is 12.8 Å². The molecule has 0 radical (unpaired) electrons. The molecule has 2 aromatic rings. The number of benzene rings is 2. The summed E-state index contributed by atoms with van der Waals surface area (Å²) in [6.45, 7) is 0. The fraction of sp³-hybridized carbons (Fsp3) is 0.188. The summed E-state index contributed by atoms with van der Waals surface area (Å²) in [5.74, 6) is -1.41. The quantitative estimate of drug-likeness (QED) is 0.847. The molecule has 0 saturated carbocycles. The first-order valence-electron chi connectivity index (χ1n) is 6.92. The van der Waals surface area contributed by atoms with E-state index >= 15 is 0 Å². The predicted octanol–water partition coefficient (Wildman–Crippen LogP) is 2.13. The lowest BCUT2D eigenvalue weighted by molar-refractivity contribution is -0.137. The van der Waals surface area contributed by atoms with Gasteiger partial charge in [-0.25, -0.2) is 9.69 Å². The van der Waals surface area contributed by atoms with Gasteiger partial charge in [0.2, 0.25) is 0 Å². The zero-order valence-electron chi connectivity index (χ0n) is 11.7. The average molecular weight is 298 g/mol. The number of nitrogens with zero attached hydrogens (tertiary/aromatic N) is 1. The van der Waals surface area contributed by atoms with Crippen molar-refractivity contribution in [1.82, 2.24) is 5.32 Å². The van der Waals surface area contributed by atoms with Gasteiger partial charge in [-0.2, -0.15) is 0 Å². The van der Waals surface area contributed by atoms with Gasteiger partial charge in [0.15, 0.2) is 0 Å². The summed E-state index contributed by atoms with van der Waals surface area (Å²) in [7, 11) is 0. The number of hydrogen-bond donors (Lipinski definition) is 2. The Morgan fingerprint density at radius 2 is 1.86 bits per heavy atom. The summed E-state index contributed by atoms with van der Waals surface area (Å²) >= 11 is 0. The molecule has 1 fully saturated rings. The van der Waals surface area contributed by atoms with Crippen LogP contribution in [-0.2, 0) is 9.59 Å². The van der Waals surface area contributed by atoms with Crippen LogP contribution in [0.5, 0.6) is 0 Å². The number of carboxylic acids is 1. The number of nitrogens with one attached hydrogen (secondary N) is 1. The number of amides is 3. The lowest BCUT2D eigenvalue weighted by Crippen LogP contribution is -2.31. The van der Waals surface area contributed by atoms with Gasteiger partial charge in [0.1, 0.15) is 6.04 Å². The van der Waals surface area contributed by atoms with Crippen molar-refractivity contribution in [3.05, 3.63) is 42.5 Å². The molecule has 1 aliphatic heterocycles. The monoisotopic (exact) mass is 298 g/mol. The normalized spacial score (nSPS) is 17.8. The van der Waals surface area contributed by atoms with Gasteiger partial charge in [-0.3, -0.25) is 9.59 Å². The predicted molar refractivity (Wildman–Crippen MR) is 80.6 cm³/mol. The minimum absolute atomic E-state index is 0.0845. The van der Waals surface area contributed by atoms with E-state index in [9.17, 15) is 14.4 Å². The molecule has 22 heavy (non-hydrogen) atoms. The van der Waals surface area contributed by atoms with Crippen molar-refractivity contribution in [2.24, 2.45) is 0 Å². The highest BCUT2D eigenvalue weighted by molar-refractivity contribution is 6.24. The molecule has 6 heteroatoms. The summed E-state index contributed by atoms with van der Waals surface area (Å²) in [6.07, 6.45) is -0.0821. The summed E-state index contributed by atoms with van der Waals surface area (Å²) in [6, 6.07) is 11.6. The van der Waals surface area contributed by atoms with Crippen LogP contribution in [0.2, 0.25) is 0 Å². The highest BCUT2D eigenvalue weighted by Crippen LogP contribution is 2.29. The van der Waals surface area contributed by atoms with Gasteiger partial charge in [0.25, 0.3) is 5.91 Å². The molecular weight excluding hydrogens is 284 g/mol. The Morgan fingerprint density at radius 3 is 2.64 bits per heavy atom. The van der Waals surface area contributed by atoms with Gasteiger partial charge < -0.3 is 10.4 Å². The highest BCUT2D eigenvalue weighted by Gasteiger charge is 2.39. The molecule has 0 spiro atoms. The maximum absolute atomic E-state index is 12.4. The van der Waals surface area contributed by atoms with Crippen molar-refractivity contribution in [1.29, 1.82) is 0 Å². The minimum atomic E-state index is -0.995.